The number of anilines is 2. The summed E-state index contributed by atoms with van der Waals surface area (Å²) in [5.41, 5.74) is 5.24. The second kappa shape index (κ2) is 10.1. The number of hydrogen-bond acceptors (Lipinski definition) is 6. The molecule has 0 amide bonds. The molecule has 4 aromatic rings. The Labute approximate surface area is 220 Å². The Morgan fingerprint density at radius 1 is 0.838 bits per heavy atom. The molecule has 0 spiro atoms. The van der Waals surface area contributed by atoms with Crippen molar-refractivity contribution in [3.63, 3.8) is 0 Å². The average molecular weight is 518 g/mol. The maximum absolute atomic E-state index is 13.7. The van der Waals surface area contributed by atoms with Crippen LogP contribution in [0.25, 0.3) is 22.0 Å². The molecule has 2 aliphatic rings. The van der Waals surface area contributed by atoms with Crippen molar-refractivity contribution in [2.45, 2.75) is 0 Å². The predicted molar refractivity (Wildman–Crippen MR) is 146 cm³/mol. The first kappa shape index (κ1) is 23.9. The number of nitrogens with one attached hydrogen (secondary N) is 1. The van der Waals surface area contributed by atoms with Gasteiger partial charge in [-0.3, -0.25) is 4.79 Å². The van der Waals surface area contributed by atoms with Gasteiger partial charge in [0.2, 0.25) is 5.88 Å². The number of aromatic amines is 1. The van der Waals surface area contributed by atoms with E-state index in [4.69, 9.17) is 21.1 Å². The Bertz CT molecular complexity index is 1440. The third-order valence-electron chi connectivity index (χ3n) is 7.13. The second-order valence-corrected chi connectivity index (χ2v) is 9.76. The van der Waals surface area contributed by atoms with Gasteiger partial charge in [-0.15, -0.1) is 0 Å². The van der Waals surface area contributed by atoms with E-state index in [1.54, 1.807) is 12.1 Å². The maximum atomic E-state index is 13.7. The molecule has 2 fully saturated rings. The zero-order valence-electron chi connectivity index (χ0n) is 20.4. The first-order valence-corrected chi connectivity index (χ1v) is 12.9. The fourth-order valence-electron chi connectivity index (χ4n) is 5.14. The Kier molecular flexibility index (Phi) is 6.50. The molecule has 1 aromatic heterocycles. The lowest BCUT2D eigenvalue weighted by Gasteiger charge is -2.29. The zero-order valence-corrected chi connectivity index (χ0v) is 21.1. The normalized spacial score (nSPS) is 16.4. The first-order valence-electron chi connectivity index (χ1n) is 12.5. The number of ketones is 1. The summed E-state index contributed by atoms with van der Waals surface area (Å²) in [6.07, 6.45) is 0. The van der Waals surface area contributed by atoms with Crippen LogP contribution in [0, 0.1) is 0 Å². The lowest BCUT2D eigenvalue weighted by Crippen LogP contribution is -2.36. The number of halogens is 1. The first-order chi connectivity index (χ1) is 18.1. The van der Waals surface area contributed by atoms with Crippen LogP contribution in [0.2, 0.25) is 5.02 Å². The molecule has 0 atom stereocenters. The Hall–Kier alpha value is -3.52. The number of H-pyrrole nitrogens is 1. The standard InChI is InChI=1S/C29H28ClN3O4/c30-25-18-26-24(17-23(25)19-4-6-21(7-5-19)32-8-12-36-13-9-32)27(29(35)31-26)28(34)20-2-1-3-22(16-20)33-10-14-37-15-11-33/h1-7,16-18,31,35H,8-15H2. The van der Waals surface area contributed by atoms with Crippen LogP contribution in [0.1, 0.15) is 15.9 Å². The number of hydrogen-bond donors (Lipinski definition) is 2. The van der Waals surface area contributed by atoms with Gasteiger partial charge in [-0.1, -0.05) is 35.9 Å². The van der Waals surface area contributed by atoms with E-state index in [0.717, 1.165) is 61.9 Å². The van der Waals surface area contributed by atoms with E-state index in [1.807, 2.05) is 36.4 Å². The van der Waals surface area contributed by atoms with Gasteiger partial charge in [0, 0.05) is 54.1 Å². The van der Waals surface area contributed by atoms with E-state index in [-0.39, 0.29) is 17.2 Å². The van der Waals surface area contributed by atoms with Gasteiger partial charge >= 0.3 is 0 Å². The van der Waals surface area contributed by atoms with E-state index in [2.05, 4.69) is 26.9 Å². The van der Waals surface area contributed by atoms with E-state index in [0.29, 0.717) is 34.7 Å². The Balaban J connectivity index is 1.34. The highest BCUT2D eigenvalue weighted by atomic mass is 35.5. The minimum atomic E-state index is -0.241. The molecular weight excluding hydrogens is 490 g/mol. The minimum absolute atomic E-state index is 0.160. The van der Waals surface area contributed by atoms with E-state index in [1.165, 1.54) is 0 Å². The number of fused-ring (bicyclic) bond motifs is 1. The van der Waals surface area contributed by atoms with Crippen molar-refractivity contribution in [3.8, 4) is 17.0 Å². The summed E-state index contributed by atoms with van der Waals surface area (Å²) >= 11 is 6.66. The van der Waals surface area contributed by atoms with Gasteiger partial charge in [0.05, 0.1) is 42.5 Å². The summed E-state index contributed by atoms with van der Waals surface area (Å²) in [6.45, 7) is 6.08. The van der Waals surface area contributed by atoms with Gasteiger partial charge < -0.3 is 29.4 Å². The van der Waals surface area contributed by atoms with E-state index in [9.17, 15) is 9.90 Å². The topological polar surface area (TPSA) is 78.0 Å². The summed E-state index contributed by atoms with van der Waals surface area (Å²) < 4.78 is 10.9. The molecule has 190 valence electrons. The monoisotopic (exact) mass is 517 g/mol. The fraction of sp³-hybridized carbons (Fsp3) is 0.276. The van der Waals surface area contributed by atoms with Crippen molar-refractivity contribution >= 4 is 39.7 Å². The Morgan fingerprint density at radius 2 is 1.49 bits per heavy atom. The highest BCUT2D eigenvalue weighted by molar-refractivity contribution is 6.34. The molecule has 0 aliphatic carbocycles. The molecule has 0 unspecified atom stereocenters. The fourth-order valence-corrected chi connectivity index (χ4v) is 5.41. The van der Waals surface area contributed by atoms with Crippen LogP contribution in [0.4, 0.5) is 11.4 Å². The highest BCUT2D eigenvalue weighted by Gasteiger charge is 2.23. The lowest BCUT2D eigenvalue weighted by atomic mass is 9.98. The van der Waals surface area contributed by atoms with Crippen LogP contribution >= 0.6 is 11.6 Å². The molecule has 0 radical (unpaired) electrons. The van der Waals surface area contributed by atoms with Crippen LogP contribution in [-0.4, -0.2) is 68.5 Å². The molecule has 2 saturated heterocycles. The van der Waals surface area contributed by atoms with E-state index < -0.39 is 0 Å². The van der Waals surface area contributed by atoms with Gasteiger partial charge in [0.25, 0.3) is 0 Å². The number of nitrogens with zero attached hydrogens (tertiary/aromatic N) is 2. The molecule has 3 aromatic carbocycles. The summed E-state index contributed by atoms with van der Waals surface area (Å²) in [4.78, 5) is 21.1. The van der Waals surface area contributed by atoms with Gasteiger partial charge in [-0.2, -0.15) is 0 Å². The van der Waals surface area contributed by atoms with Crippen molar-refractivity contribution in [2.75, 3.05) is 62.4 Å². The Morgan fingerprint density at radius 3 is 2.16 bits per heavy atom. The predicted octanol–water partition coefficient (Wildman–Crippen LogP) is 5.10. The van der Waals surface area contributed by atoms with Crippen molar-refractivity contribution in [2.24, 2.45) is 0 Å². The highest BCUT2D eigenvalue weighted by Crippen LogP contribution is 2.38. The number of carbonyl (C=O) groups is 1. The van der Waals surface area contributed by atoms with Crippen LogP contribution in [0.15, 0.2) is 60.7 Å². The number of benzene rings is 3. The summed E-state index contributed by atoms with van der Waals surface area (Å²) in [6, 6.07) is 19.4. The number of aromatic hydroxyl groups is 1. The number of morpholine rings is 2. The smallest absolute Gasteiger partial charge is 0.200 e. The number of rotatable bonds is 5. The van der Waals surface area contributed by atoms with Crippen molar-refractivity contribution in [1.29, 1.82) is 0 Å². The number of ether oxygens (including phenoxy) is 2. The largest absolute Gasteiger partial charge is 0.494 e. The lowest BCUT2D eigenvalue weighted by molar-refractivity contribution is 0.103. The minimum Gasteiger partial charge on any atom is -0.494 e. The zero-order chi connectivity index (χ0) is 25.4. The van der Waals surface area contributed by atoms with Gasteiger partial charge in [0.1, 0.15) is 0 Å². The molecule has 7 nitrogen and oxygen atoms in total. The SMILES string of the molecule is O=C(c1cccc(N2CCOCC2)c1)c1c(O)[nH]c2cc(Cl)c(-c3ccc(N4CCOCC4)cc3)cc12. The van der Waals surface area contributed by atoms with Crippen molar-refractivity contribution in [3.05, 3.63) is 76.8 Å². The molecule has 0 saturated carbocycles. The summed E-state index contributed by atoms with van der Waals surface area (Å²) in [7, 11) is 0. The summed E-state index contributed by atoms with van der Waals surface area (Å²) in [5.74, 6) is -0.401. The number of carbonyl (C=O) groups excluding carboxylic acids is 1. The molecule has 2 aliphatic heterocycles. The maximum Gasteiger partial charge on any atom is 0.200 e. The van der Waals surface area contributed by atoms with Crippen LogP contribution in [0.3, 0.4) is 0 Å². The van der Waals surface area contributed by atoms with Crippen molar-refractivity contribution in [1.82, 2.24) is 4.98 Å². The third kappa shape index (κ3) is 4.66. The number of aromatic nitrogens is 1. The van der Waals surface area contributed by atoms with Gasteiger partial charge in [-0.05, 0) is 42.0 Å². The van der Waals surface area contributed by atoms with Crippen molar-refractivity contribution < 1.29 is 19.4 Å². The van der Waals surface area contributed by atoms with E-state index >= 15 is 0 Å². The molecule has 8 heteroatoms. The molecule has 0 bridgehead atoms. The molecule has 37 heavy (non-hydrogen) atoms. The summed E-state index contributed by atoms with van der Waals surface area (Å²) in [5, 5.41) is 11.9. The quantitative estimate of drug-likeness (QED) is 0.359. The van der Waals surface area contributed by atoms with Crippen LogP contribution in [0.5, 0.6) is 5.88 Å². The van der Waals surface area contributed by atoms with Gasteiger partial charge in [0.15, 0.2) is 5.78 Å². The van der Waals surface area contributed by atoms with Crippen LogP contribution in [-0.2, 0) is 9.47 Å². The van der Waals surface area contributed by atoms with Crippen LogP contribution < -0.4 is 9.80 Å². The molecular formula is C29H28ClN3O4. The second-order valence-electron chi connectivity index (χ2n) is 9.35. The third-order valence-corrected chi connectivity index (χ3v) is 7.45. The molecule has 6 rings (SSSR count). The average Bonchev–Trinajstić information content (AvgIpc) is 3.27. The van der Waals surface area contributed by atoms with Gasteiger partial charge in [-0.25, -0.2) is 0 Å². The molecule has 2 N–H and O–H groups in total. The molecule has 3 heterocycles.